The lowest BCUT2D eigenvalue weighted by atomic mass is 9.53. The minimum Gasteiger partial charge on any atom is -0.281 e. The quantitative estimate of drug-likeness (QED) is 0.529. The van der Waals surface area contributed by atoms with Crippen LogP contribution in [0.3, 0.4) is 0 Å². The zero-order valence-electron chi connectivity index (χ0n) is 17.2. The van der Waals surface area contributed by atoms with Crippen molar-refractivity contribution in [3.8, 4) is 0 Å². The molecule has 6 fully saturated rings. The Hall–Kier alpha value is -0.570. The highest BCUT2D eigenvalue weighted by atomic mass is 32.2. The molecule has 6 rings (SSSR count). The van der Waals surface area contributed by atoms with E-state index in [1.165, 1.54) is 37.7 Å². The van der Waals surface area contributed by atoms with Crippen LogP contribution in [0.4, 0.5) is 8.78 Å². The van der Waals surface area contributed by atoms with Crippen molar-refractivity contribution in [3.05, 3.63) is 11.1 Å². The van der Waals surface area contributed by atoms with E-state index in [4.69, 9.17) is 4.55 Å². The van der Waals surface area contributed by atoms with Crippen molar-refractivity contribution in [2.75, 3.05) is 13.1 Å². The number of hydrogen-bond acceptors (Lipinski definition) is 4. The van der Waals surface area contributed by atoms with Gasteiger partial charge in [0.05, 0.1) is 6.04 Å². The first-order valence-electron chi connectivity index (χ1n) is 11.3. The number of hydrazine groups is 1. The highest BCUT2D eigenvalue weighted by molar-refractivity contribution is 7.86. The number of alkyl halides is 2. The summed E-state index contributed by atoms with van der Waals surface area (Å²) in [7, 11) is -5.39. The van der Waals surface area contributed by atoms with Crippen LogP contribution in [0.15, 0.2) is 11.1 Å². The molecular weight excluding hydrogens is 398 g/mol. The van der Waals surface area contributed by atoms with E-state index in [2.05, 4.69) is 16.9 Å². The molecule has 164 valence electrons. The van der Waals surface area contributed by atoms with Crippen LogP contribution >= 0.6 is 0 Å². The first-order chi connectivity index (χ1) is 13.6. The lowest BCUT2D eigenvalue weighted by Gasteiger charge is -2.52. The van der Waals surface area contributed by atoms with Crippen molar-refractivity contribution in [2.45, 2.75) is 76.1 Å². The molecular formula is C21H32F2N2O3S. The standard InChI is InChI=1S/C21H32F2N2O3S/c1-3-24-17-10-16(11-21(22,23)29(26,27)28)20(25(24)4-2)19(17)18-14-6-12-5-13(8-14)9-15(18)7-12/h12-17,20H,3-11H2,1-2H3,(H,26,27,28). The normalized spacial score (nSPS) is 42.4. The zero-order chi connectivity index (χ0) is 20.7. The Morgan fingerprint density at radius 3 is 1.97 bits per heavy atom. The van der Waals surface area contributed by atoms with Gasteiger partial charge in [0.25, 0.3) is 0 Å². The van der Waals surface area contributed by atoms with Crippen LogP contribution in [0, 0.1) is 29.6 Å². The number of hydrogen-bond donors (Lipinski definition) is 1. The van der Waals surface area contributed by atoms with Gasteiger partial charge in [-0.05, 0) is 73.7 Å². The van der Waals surface area contributed by atoms with Crippen LogP contribution in [-0.4, -0.2) is 53.4 Å². The number of allylic oxidation sites excluding steroid dienone is 1. The zero-order valence-corrected chi connectivity index (χ0v) is 18.0. The Morgan fingerprint density at radius 1 is 0.931 bits per heavy atom. The van der Waals surface area contributed by atoms with Crippen LogP contribution < -0.4 is 0 Å². The summed E-state index contributed by atoms with van der Waals surface area (Å²) in [5.74, 6) is 2.43. The van der Waals surface area contributed by atoms with Gasteiger partial charge in [-0.3, -0.25) is 4.55 Å². The third kappa shape index (κ3) is 2.96. The third-order valence-electron chi connectivity index (χ3n) is 8.54. The molecule has 0 aromatic carbocycles. The first-order valence-corrected chi connectivity index (χ1v) is 12.7. The molecule has 0 aromatic rings. The second-order valence-electron chi connectivity index (χ2n) is 10.00. The number of fused-ring (bicyclic) bond motifs is 2. The maximum Gasteiger partial charge on any atom is 0.370 e. The van der Waals surface area contributed by atoms with Gasteiger partial charge in [0.15, 0.2) is 0 Å². The minimum absolute atomic E-state index is 0.111. The Kier molecular flexibility index (Phi) is 4.71. The highest BCUT2D eigenvalue weighted by Crippen LogP contribution is 2.61. The molecule has 5 nitrogen and oxygen atoms in total. The lowest BCUT2D eigenvalue weighted by Crippen LogP contribution is -2.51. The van der Waals surface area contributed by atoms with Crippen molar-refractivity contribution >= 4 is 10.1 Å². The molecule has 1 heterocycles. The molecule has 6 bridgehead atoms. The molecule has 0 amide bonds. The number of nitrogens with zero attached hydrogens (tertiary/aromatic N) is 2. The largest absolute Gasteiger partial charge is 0.370 e. The molecule has 0 aromatic heterocycles. The van der Waals surface area contributed by atoms with E-state index in [0.717, 1.165) is 24.9 Å². The molecule has 3 unspecified atom stereocenters. The fraction of sp³-hybridized carbons (Fsp3) is 0.905. The minimum atomic E-state index is -5.39. The van der Waals surface area contributed by atoms with Gasteiger partial charge >= 0.3 is 15.4 Å². The number of rotatable bonds is 5. The van der Waals surface area contributed by atoms with Gasteiger partial charge in [-0.2, -0.15) is 17.2 Å². The third-order valence-corrected chi connectivity index (χ3v) is 9.46. The Balaban J connectivity index is 1.54. The van der Waals surface area contributed by atoms with Crippen LogP contribution in [0.2, 0.25) is 0 Å². The summed E-state index contributed by atoms with van der Waals surface area (Å²) < 4.78 is 60.2. The highest BCUT2D eigenvalue weighted by Gasteiger charge is 2.59. The van der Waals surface area contributed by atoms with Gasteiger partial charge < -0.3 is 0 Å². The van der Waals surface area contributed by atoms with E-state index in [1.54, 1.807) is 5.57 Å². The van der Waals surface area contributed by atoms with Gasteiger partial charge in [-0.25, -0.2) is 10.0 Å². The van der Waals surface area contributed by atoms with Crippen LogP contribution in [0.5, 0.6) is 0 Å². The molecule has 5 saturated carbocycles. The lowest BCUT2D eigenvalue weighted by molar-refractivity contribution is -0.0796. The van der Waals surface area contributed by atoms with Gasteiger partial charge in [-0.15, -0.1) is 0 Å². The summed E-state index contributed by atoms with van der Waals surface area (Å²) >= 11 is 0. The predicted molar refractivity (Wildman–Crippen MR) is 106 cm³/mol. The Labute approximate surface area is 172 Å². The van der Waals surface area contributed by atoms with Crippen molar-refractivity contribution in [3.63, 3.8) is 0 Å². The monoisotopic (exact) mass is 430 g/mol. The van der Waals surface area contributed by atoms with E-state index in [9.17, 15) is 17.2 Å². The molecule has 0 radical (unpaired) electrons. The maximum absolute atomic E-state index is 14.3. The summed E-state index contributed by atoms with van der Waals surface area (Å²) in [6.45, 7) is 5.69. The first kappa shape index (κ1) is 20.3. The van der Waals surface area contributed by atoms with E-state index >= 15 is 0 Å². The van der Waals surface area contributed by atoms with Crippen molar-refractivity contribution in [1.29, 1.82) is 0 Å². The molecule has 8 heteroatoms. The van der Waals surface area contributed by atoms with Crippen LogP contribution in [0.25, 0.3) is 0 Å². The average Bonchev–Trinajstić information content (AvgIpc) is 3.11. The Bertz CT molecular complexity index is 798. The van der Waals surface area contributed by atoms with E-state index in [0.29, 0.717) is 18.3 Å². The Morgan fingerprint density at radius 2 is 1.48 bits per heavy atom. The fourth-order valence-corrected chi connectivity index (χ4v) is 8.36. The summed E-state index contributed by atoms with van der Waals surface area (Å²) in [6, 6.07) is -0.0372. The molecule has 1 aliphatic heterocycles. The maximum atomic E-state index is 14.3. The topological polar surface area (TPSA) is 60.9 Å². The van der Waals surface area contributed by atoms with Crippen LogP contribution in [-0.2, 0) is 10.1 Å². The smallest absolute Gasteiger partial charge is 0.281 e. The number of likely N-dealkylation sites (N-methyl/N-ethyl adjacent to an activating group) is 2. The second kappa shape index (κ2) is 6.71. The van der Waals surface area contributed by atoms with Crippen LogP contribution in [0.1, 0.15) is 58.8 Å². The average molecular weight is 431 g/mol. The van der Waals surface area contributed by atoms with Gasteiger partial charge in [0, 0.05) is 25.6 Å². The summed E-state index contributed by atoms with van der Waals surface area (Å²) in [6.07, 6.45) is 6.12. The molecule has 6 aliphatic rings. The summed E-state index contributed by atoms with van der Waals surface area (Å²) in [4.78, 5) is 0. The molecule has 29 heavy (non-hydrogen) atoms. The van der Waals surface area contributed by atoms with Gasteiger partial charge in [0.1, 0.15) is 0 Å². The van der Waals surface area contributed by atoms with Gasteiger partial charge in [0.2, 0.25) is 0 Å². The SMILES string of the molecule is CCN1C2CC(CC(F)(F)S(=O)(=O)O)C(C2=C2C3CC4CC(C3)CC2C4)N1CC. The van der Waals surface area contributed by atoms with Crippen molar-refractivity contribution in [2.24, 2.45) is 29.6 Å². The molecule has 3 atom stereocenters. The molecule has 1 N–H and O–H groups in total. The fourth-order valence-electron chi connectivity index (χ4n) is 7.93. The van der Waals surface area contributed by atoms with E-state index in [1.807, 2.05) is 6.92 Å². The van der Waals surface area contributed by atoms with E-state index in [-0.39, 0.29) is 12.1 Å². The predicted octanol–water partition coefficient (Wildman–Crippen LogP) is 3.94. The van der Waals surface area contributed by atoms with E-state index < -0.39 is 27.7 Å². The van der Waals surface area contributed by atoms with Gasteiger partial charge in [-0.1, -0.05) is 19.4 Å². The van der Waals surface area contributed by atoms with Crippen molar-refractivity contribution in [1.82, 2.24) is 10.0 Å². The second-order valence-corrected chi connectivity index (χ2v) is 11.5. The summed E-state index contributed by atoms with van der Waals surface area (Å²) in [5.41, 5.74) is 2.90. The summed E-state index contributed by atoms with van der Waals surface area (Å²) in [5, 5.41) is 0.435. The molecule has 0 spiro atoms. The van der Waals surface area contributed by atoms with Crippen molar-refractivity contribution < 1.29 is 21.8 Å². The molecule has 5 aliphatic carbocycles. The molecule has 1 saturated heterocycles. The number of halogens is 2.